The second-order valence-corrected chi connectivity index (χ2v) is 7.26. The maximum absolute atomic E-state index is 13.3. The maximum Gasteiger partial charge on any atom is 0.227 e. The van der Waals surface area contributed by atoms with Gasteiger partial charge >= 0.3 is 0 Å². The van der Waals surface area contributed by atoms with Crippen molar-refractivity contribution in [3.8, 4) is 11.4 Å². The van der Waals surface area contributed by atoms with Crippen LogP contribution in [0, 0.1) is 5.82 Å². The standard InChI is InChI=1S/C22H21FN8.2H2/c23-17-8-6-16(7-9-17)19-26-18-20(30-29-19)27-22(25-14-15-4-2-1-3-5-15)28-21(18)31-12-10-24-11-13-31;;/h1-9,24H,10-14H2,(H,25,27,28,30);2*1H. The van der Waals surface area contributed by atoms with Crippen molar-refractivity contribution in [2.75, 3.05) is 36.4 Å². The van der Waals surface area contributed by atoms with Crippen LogP contribution in [0.5, 0.6) is 0 Å². The van der Waals surface area contributed by atoms with Gasteiger partial charge in [-0.1, -0.05) is 30.3 Å². The summed E-state index contributed by atoms with van der Waals surface area (Å²) in [6, 6.07) is 16.1. The van der Waals surface area contributed by atoms with Crippen LogP contribution in [0.1, 0.15) is 8.42 Å². The lowest BCUT2D eigenvalue weighted by molar-refractivity contribution is 0.586. The van der Waals surface area contributed by atoms with E-state index in [-0.39, 0.29) is 8.67 Å². The van der Waals surface area contributed by atoms with Crippen LogP contribution in [0.15, 0.2) is 54.6 Å². The molecule has 31 heavy (non-hydrogen) atoms. The minimum atomic E-state index is -0.309. The van der Waals surface area contributed by atoms with Gasteiger partial charge in [0.15, 0.2) is 17.2 Å². The number of aromatic nitrogens is 5. The Morgan fingerprint density at radius 3 is 2.48 bits per heavy atom. The third-order valence-corrected chi connectivity index (χ3v) is 5.12. The number of benzene rings is 2. The molecule has 0 spiro atoms. The quantitative estimate of drug-likeness (QED) is 0.509. The zero-order valence-corrected chi connectivity index (χ0v) is 16.8. The first-order chi connectivity index (χ1) is 15.3. The largest absolute Gasteiger partial charge is 0.352 e. The monoisotopic (exact) mass is 420 g/mol. The van der Waals surface area contributed by atoms with Crippen molar-refractivity contribution in [2.24, 2.45) is 0 Å². The van der Waals surface area contributed by atoms with Gasteiger partial charge in [0, 0.05) is 41.1 Å². The SMILES string of the molecule is Fc1ccc(-c2nnc3nc(NCc4ccccc4)nc(N4CCNCC4)c3n2)cc1.[HH].[HH]. The molecule has 3 heterocycles. The Morgan fingerprint density at radius 1 is 0.935 bits per heavy atom. The van der Waals surface area contributed by atoms with Crippen molar-refractivity contribution < 1.29 is 7.24 Å². The van der Waals surface area contributed by atoms with E-state index in [1.54, 1.807) is 12.1 Å². The van der Waals surface area contributed by atoms with Gasteiger partial charge < -0.3 is 15.5 Å². The van der Waals surface area contributed by atoms with Crippen LogP contribution >= 0.6 is 0 Å². The van der Waals surface area contributed by atoms with Gasteiger partial charge in [0.05, 0.1) is 0 Å². The molecule has 9 heteroatoms. The van der Waals surface area contributed by atoms with Crippen LogP contribution in [-0.4, -0.2) is 51.3 Å². The first-order valence-electron chi connectivity index (χ1n) is 10.2. The molecule has 2 aromatic carbocycles. The summed E-state index contributed by atoms with van der Waals surface area (Å²) >= 11 is 0. The highest BCUT2D eigenvalue weighted by atomic mass is 19.1. The Labute approximate surface area is 181 Å². The first kappa shape index (κ1) is 19.3. The Morgan fingerprint density at radius 2 is 1.71 bits per heavy atom. The summed E-state index contributed by atoms with van der Waals surface area (Å²) in [7, 11) is 0. The van der Waals surface area contributed by atoms with Crippen LogP contribution in [0.25, 0.3) is 22.6 Å². The minimum Gasteiger partial charge on any atom is -0.352 e. The molecule has 8 nitrogen and oxygen atoms in total. The Hall–Kier alpha value is -3.72. The third kappa shape index (κ3) is 4.26. The van der Waals surface area contributed by atoms with E-state index in [0.717, 1.165) is 37.6 Å². The second-order valence-electron chi connectivity index (χ2n) is 7.26. The van der Waals surface area contributed by atoms with Crippen LogP contribution in [-0.2, 0) is 6.54 Å². The van der Waals surface area contributed by atoms with Crippen LogP contribution in [0.3, 0.4) is 0 Å². The Balaban J connectivity index is 0.00000153. The number of hydrogen-bond donors (Lipinski definition) is 2. The van der Waals surface area contributed by atoms with Gasteiger partial charge in [-0.05, 0) is 29.8 Å². The van der Waals surface area contributed by atoms with Crippen LogP contribution in [0.4, 0.5) is 16.2 Å². The average Bonchev–Trinajstić information content (AvgIpc) is 2.83. The predicted octanol–water partition coefficient (Wildman–Crippen LogP) is 3.13. The molecule has 1 aliphatic rings. The highest BCUT2D eigenvalue weighted by molar-refractivity contribution is 5.85. The summed E-state index contributed by atoms with van der Waals surface area (Å²) in [6.07, 6.45) is 0. The smallest absolute Gasteiger partial charge is 0.227 e. The van der Waals surface area contributed by atoms with Crippen molar-refractivity contribution in [3.05, 3.63) is 66.0 Å². The second kappa shape index (κ2) is 8.57. The fourth-order valence-electron chi connectivity index (χ4n) is 3.50. The lowest BCUT2D eigenvalue weighted by atomic mass is 10.2. The molecule has 160 valence electrons. The fraction of sp³-hybridized carbons (Fsp3) is 0.227. The first-order valence-corrected chi connectivity index (χ1v) is 10.2. The molecule has 1 saturated heterocycles. The normalized spacial score (nSPS) is 14.0. The zero-order chi connectivity index (χ0) is 21.0. The summed E-state index contributed by atoms with van der Waals surface area (Å²) in [6.45, 7) is 3.94. The van der Waals surface area contributed by atoms with E-state index in [1.807, 2.05) is 30.3 Å². The highest BCUT2D eigenvalue weighted by Gasteiger charge is 2.20. The molecule has 0 aliphatic carbocycles. The molecule has 5 rings (SSSR count). The van der Waals surface area contributed by atoms with E-state index in [9.17, 15) is 4.39 Å². The molecule has 1 aliphatic heterocycles. The number of nitrogens with one attached hydrogen (secondary N) is 2. The molecular formula is C22H25FN8. The number of anilines is 2. The number of rotatable bonds is 5. The molecular weight excluding hydrogens is 395 g/mol. The van der Waals surface area contributed by atoms with Crippen LogP contribution in [0.2, 0.25) is 0 Å². The van der Waals surface area contributed by atoms with E-state index in [4.69, 9.17) is 9.97 Å². The molecule has 0 bridgehead atoms. The molecule has 0 saturated carbocycles. The molecule has 1 fully saturated rings. The minimum absolute atomic E-state index is 0. The van der Waals surface area contributed by atoms with Crippen molar-refractivity contribution in [3.63, 3.8) is 0 Å². The predicted molar refractivity (Wildman–Crippen MR) is 121 cm³/mol. The van der Waals surface area contributed by atoms with Gasteiger partial charge in [-0.3, -0.25) is 0 Å². The van der Waals surface area contributed by atoms with Crippen molar-refractivity contribution in [1.29, 1.82) is 0 Å². The van der Waals surface area contributed by atoms with Gasteiger partial charge in [0.1, 0.15) is 5.82 Å². The van der Waals surface area contributed by atoms with E-state index in [2.05, 4.69) is 30.7 Å². The summed E-state index contributed by atoms with van der Waals surface area (Å²) in [5, 5.41) is 15.2. The highest BCUT2D eigenvalue weighted by Crippen LogP contribution is 2.25. The van der Waals surface area contributed by atoms with Gasteiger partial charge in [-0.2, -0.15) is 9.97 Å². The Bertz CT molecular complexity index is 1190. The Kier molecular flexibility index (Phi) is 5.32. The molecule has 0 radical (unpaired) electrons. The lowest BCUT2D eigenvalue weighted by Crippen LogP contribution is -2.44. The number of halogens is 1. The van der Waals surface area contributed by atoms with E-state index >= 15 is 0 Å². The summed E-state index contributed by atoms with van der Waals surface area (Å²) in [4.78, 5) is 16.2. The van der Waals surface area contributed by atoms with Crippen molar-refractivity contribution >= 4 is 22.9 Å². The zero-order valence-electron chi connectivity index (χ0n) is 16.8. The average molecular weight is 420 g/mol. The summed E-state index contributed by atoms with van der Waals surface area (Å²) < 4.78 is 13.3. The molecule has 4 aromatic rings. The maximum atomic E-state index is 13.3. The fourth-order valence-corrected chi connectivity index (χ4v) is 3.50. The van der Waals surface area contributed by atoms with Crippen molar-refractivity contribution in [2.45, 2.75) is 6.54 Å². The third-order valence-electron chi connectivity index (χ3n) is 5.12. The van der Waals surface area contributed by atoms with Gasteiger partial charge in [-0.15, -0.1) is 10.2 Å². The number of piperazine rings is 1. The topological polar surface area (TPSA) is 91.8 Å². The molecule has 2 aromatic heterocycles. The number of hydrogen-bond acceptors (Lipinski definition) is 8. The van der Waals surface area contributed by atoms with E-state index in [0.29, 0.717) is 35.0 Å². The summed E-state index contributed by atoms with van der Waals surface area (Å²) in [5.41, 5.74) is 2.82. The van der Waals surface area contributed by atoms with E-state index in [1.165, 1.54) is 12.1 Å². The van der Waals surface area contributed by atoms with Gasteiger partial charge in [-0.25, -0.2) is 9.37 Å². The van der Waals surface area contributed by atoms with E-state index < -0.39 is 0 Å². The van der Waals surface area contributed by atoms with Gasteiger partial charge in [0.2, 0.25) is 11.6 Å². The number of fused-ring (bicyclic) bond motifs is 1. The van der Waals surface area contributed by atoms with Crippen molar-refractivity contribution in [1.82, 2.24) is 30.5 Å². The summed E-state index contributed by atoms with van der Waals surface area (Å²) in [5.74, 6) is 1.31. The van der Waals surface area contributed by atoms with Crippen LogP contribution < -0.4 is 15.5 Å². The molecule has 0 amide bonds. The molecule has 0 unspecified atom stereocenters. The molecule has 0 atom stereocenters. The molecule has 2 N–H and O–H groups in total. The number of nitrogens with zero attached hydrogens (tertiary/aromatic N) is 6. The lowest BCUT2D eigenvalue weighted by Gasteiger charge is -2.29. The van der Waals surface area contributed by atoms with Gasteiger partial charge in [0.25, 0.3) is 0 Å².